The topological polar surface area (TPSA) is 58.6 Å². The standard InChI is InChI=1S/C17H24N2O3/c1-13-12-19(9-8-18-13)17(21)7-4-10-22-16-6-3-5-15(11-16)14(2)20/h3,5-6,11,13,18H,4,7-10,12H2,1-2H3. The molecule has 0 aromatic heterocycles. The minimum Gasteiger partial charge on any atom is -0.494 e. The number of Topliss-reactive ketones (excluding diaryl/α,β-unsaturated/α-hetero) is 1. The maximum absolute atomic E-state index is 12.1. The number of nitrogens with zero attached hydrogens (tertiary/aromatic N) is 1. The van der Waals surface area contributed by atoms with Gasteiger partial charge in [-0.1, -0.05) is 12.1 Å². The normalized spacial score (nSPS) is 18.1. The van der Waals surface area contributed by atoms with Gasteiger partial charge in [0.25, 0.3) is 0 Å². The van der Waals surface area contributed by atoms with Gasteiger partial charge in [-0.2, -0.15) is 0 Å². The van der Waals surface area contributed by atoms with Gasteiger partial charge < -0.3 is 15.0 Å². The molecule has 1 aromatic carbocycles. The summed E-state index contributed by atoms with van der Waals surface area (Å²) < 4.78 is 5.62. The summed E-state index contributed by atoms with van der Waals surface area (Å²) in [5.41, 5.74) is 0.642. The van der Waals surface area contributed by atoms with Crippen molar-refractivity contribution in [1.82, 2.24) is 10.2 Å². The predicted octanol–water partition coefficient (Wildman–Crippen LogP) is 1.87. The summed E-state index contributed by atoms with van der Waals surface area (Å²) in [7, 11) is 0. The summed E-state index contributed by atoms with van der Waals surface area (Å²) in [6, 6.07) is 7.50. The van der Waals surface area contributed by atoms with Crippen molar-refractivity contribution in [2.45, 2.75) is 32.7 Å². The van der Waals surface area contributed by atoms with Crippen molar-refractivity contribution in [3.05, 3.63) is 29.8 Å². The Balaban J connectivity index is 1.71. The van der Waals surface area contributed by atoms with E-state index in [-0.39, 0.29) is 11.7 Å². The van der Waals surface area contributed by atoms with Gasteiger partial charge in [0.05, 0.1) is 6.61 Å². The summed E-state index contributed by atoms with van der Waals surface area (Å²) in [4.78, 5) is 25.3. The van der Waals surface area contributed by atoms with Crippen LogP contribution in [0.1, 0.15) is 37.0 Å². The van der Waals surface area contributed by atoms with E-state index >= 15 is 0 Å². The van der Waals surface area contributed by atoms with Gasteiger partial charge in [-0.15, -0.1) is 0 Å². The van der Waals surface area contributed by atoms with Crippen molar-refractivity contribution in [2.75, 3.05) is 26.2 Å². The van der Waals surface area contributed by atoms with Gasteiger partial charge in [0, 0.05) is 37.7 Å². The molecule has 0 bridgehead atoms. The van der Waals surface area contributed by atoms with E-state index in [0.717, 1.165) is 19.6 Å². The Morgan fingerprint density at radius 2 is 2.23 bits per heavy atom. The highest BCUT2D eigenvalue weighted by atomic mass is 16.5. The number of nitrogens with one attached hydrogen (secondary N) is 1. The molecule has 1 aromatic rings. The van der Waals surface area contributed by atoms with Crippen LogP contribution in [0, 0.1) is 0 Å². The average Bonchev–Trinajstić information content (AvgIpc) is 2.51. The first-order valence-electron chi connectivity index (χ1n) is 7.81. The minimum absolute atomic E-state index is 0.0217. The molecule has 5 nitrogen and oxygen atoms in total. The van der Waals surface area contributed by atoms with Crippen LogP contribution >= 0.6 is 0 Å². The van der Waals surface area contributed by atoms with Crippen LogP contribution in [0.3, 0.4) is 0 Å². The zero-order chi connectivity index (χ0) is 15.9. The number of ketones is 1. The molecule has 1 N–H and O–H groups in total. The lowest BCUT2D eigenvalue weighted by Crippen LogP contribution is -2.51. The lowest BCUT2D eigenvalue weighted by atomic mass is 10.1. The van der Waals surface area contributed by atoms with Crippen molar-refractivity contribution in [1.29, 1.82) is 0 Å². The molecule has 1 aliphatic heterocycles. The molecule has 1 fully saturated rings. The first-order valence-corrected chi connectivity index (χ1v) is 7.81. The van der Waals surface area contributed by atoms with Crippen LogP contribution in [0.5, 0.6) is 5.75 Å². The van der Waals surface area contributed by atoms with Crippen molar-refractivity contribution in [2.24, 2.45) is 0 Å². The Labute approximate surface area is 131 Å². The molecular formula is C17H24N2O3. The van der Waals surface area contributed by atoms with Crippen LogP contribution in [0.4, 0.5) is 0 Å². The number of amides is 1. The third-order valence-electron chi connectivity index (χ3n) is 3.77. The largest absolute Gasteiger partial charge is 0.494 e. The van der Waals surface area contributed by atoms with E-state index < -0.39 is 0 Å². The van der Waals surface area contributed by atoms with E-state index in [9.17, 15) is 9.59 Å². The van der Waals surface area contributed by atoms with E-state index in [1.807, 2.05) is 11.0 Å². The number of hydrogen-bond donors (Lipinski definition) is 1. The summed E-state index contributed by atoms with van der Waals surface area (Å²) in [5, 5.41) is 3.32. The van der Waals surface area contributed by atoms with Crippen LogP contribution in [-0.4, -0.2) is 48.9 Å². The fourth-order valence-electron chi connectivity index (χ4n) is 2.54. The maximum Gasteiger partial charge on any atom is 0.222 e. The van der Waals surface area contributed by atoms with Crippen LogP contribution < -0.4 is 10.1 Å². The second kappa shape index (κ2) is 7.94. The van der Waals surface area contributed by atoms with Crippen molar-refractivity contribution < 1.29 is 14.3 Å². The molecule has 1 atom stereocenters. The van der Waals surface area contributed by atoms with Gasteiger partial charge in [-0.05, 0) is 32.4 Å². The molecule has 2 rings (SSSR count). The quantitative estimate of drug-likeness (QED) is 0.644. The van der Waals surface area contributed by atoms with E-state index in [1.165, 1.54) is 6.92 Å². The monoisotopic (exact) mass is 304 g/mol. The SMILES string of the molecule is CC(=O)c1cccc(OCCCC(=O)N2CCNC(C)C2)c1. The molecule has 1 heterocycles. The number of benzene rings is 1. The molecule has 1 unspecified atom stereocenters. The molecular weight excluding hydrogens is 280 g/mol. The van der Waals surface area contributed by atoms with E-state index in [4.69, 9.17) is 4.74 Å². The highest BCUT2D eigenvalue weighted by molar-refractivity contribution is 5.94. The van der Waals surface area contributed by atoms with E-state index in [2.05, 4.69) is 12.2 Å². The van der Waals surface area contributed by atoms with Crippen LogP contribution in [-0.2, 0) is 4.79 Å². The average molecular weight is 304 g/mol. The number of carbonyl (C=O) groups excluding carboxylic acids is 2. The Kier molecular flexibility index (Phi) is 5.95. The van der Waals surface area contributed by atoms with Gasteiger partial charge in [0.15, 0.2) is 5.78 Å². The number of ether oxygens (including phenoxy) is 1. The smallest absolute Gasteiger partial charge is 0.222 e. The Hall–Kier alpha value is -1.88. The Morgan fingerprint density at radius 3 is 2.95 bits per heavy atom. The summed E-state index contributed by atoms with van der Waals surface area (Å²) in [6.07, 6.45) is 1.18. The molecule has 22 heavy (non-hydrogen) atoms. The van der Waals surface area contributed by atoms with Crippen LogP contribution in [0.2, 0.25) is 0 Å². The Bertz CT molecular complexity index is 530. The first kappa shape index (κ1) is 16.5. The van der Waals surface area contributed by atoms with Gasteiger partial charge in [0.1, 0.15) is 5.75 Å². The summed E-state index contributed by atoms with van der Waals surface area (Å²) in [6.45, 7) is 6.53. The van der Waals surface area contributed by atoms with E-state index in [0.29, 0.717) is 36.8 Å². The van der Waals surface area contributed by atoms with E-state index in [1.54, 1.807) is 18.2 Å². The number of carbonyl (C=O) groups is 2. The molecule has 0 radical (unpaired) electrons. The lowest BCUT2D eigenvalue weighted by molar-refractivity contribution is -0.132. The van der Waals surface area contributed by atoms with Crippen LogP contribution in [0.25, 0.3) is 0 Å². The molecule has 1 amide bonds. The highest BCUT2D eigenvalue weighted by Crippen LogP contribution is 2.14. The maximum atomic E-state index is 12.1. The van der Waals surface area contributed by atoms with Gasteiger partial charge in [0.2, 0.25) is 5.91 Å². The molecule has 5 heteroatoms. The van der Waals surface area contributed by atoms with Gasteiger partial charge >= 0.3 is 0 Å². The first-order chi connectivity index (χ1) is 10.6. The van der Waals surface area contributed by atoms with Crippen molar-refractivity contribution in [3.63, 3.8) is 0 Å². The molecule has 120 valence electrons. The molecule has 0 saturated carbocycles. The number of rotatable bonds is 6. The molecule has 1 saturated heterocycles. The third kappa shape index (κ3) is 4.84. The number of hydrogen-bond acceptors (Lipinski definition) is 4. The molecule has 0 aliphatic carbocycles. The van der Waals surface area contributed by atoms with Crippen LogP contribution in [0.15, 0.2) is 24.3 Å². The predicted molar refractivity (Wildman–Crippen MR) is 85.2 cm³/mol. The minimum atomic E-state index is 0.0217. The number of piperazine rings is 1. The molecule has 0 spiro atoms. The summed E-state index contributed by atoms with van der Waals surface area (Å²) in [5.74, 6) is 0.888. The second-order valence-electron chi connectivity index (χ2n) is 5.73. The van der Waals surface area contributed by atoms with Crippen molar-refractivity contribution in [3.8, 4) is 5.75 Å². The van der Waals surface area contributed by atoms with Crippen molar-refractivity contribution >= 4 is 11.7 Å². The fourth-order valence-corrected chi connectivity index (χ4v) is 2.54. The summed E-state index contributed by atoms with van der Waals surface area (Å²) >= 11 is 0. The second-order valence-corrected chi connectivity index (χ2v) is 5.73. The lowest BCUT2D eigenvalue weighted by Gasteiger charge is -2.32. The highest BCUT2D eigenvalue weighted by Gasteiger charge is 2.19. The third-order valence-corrected chi connectivity index (χ3v) is 3.77. The molecule has 1 aliphatic rings. The zero-order valence-electron chi connectivity index (χ0n) is 13.3. The van der Waals surface area contributed by atoms with Gasteiger partial charge in [-0.3, -0.25) is 9.59 Å². The fraction of sp³-hybridized carbons (Fsp3) is 0.529. The van der Waals surface area contributed by atoms with Gasteiger partial charge in [-0.25, -0.2) is 0 Å². The Morgan fingerprint density at radius 1 is 1.41 bits per heavy atom. The zero-order valence-corrected chi connectivity index (χ0v) is 13.3.